The molecule has 0 spiro atoms. The van der Waals surface area contributed by atoms with Gasteiger partial charge in [0, 0.05) is 5.56 Å². The Morgan fingerprint density at radius 3 is 3.19 bits per heavy atom. The number of ether oxygens (including phenoxy) is 1. The molecule has 0 radical (unpaired) electrons. The molecular formula is C9H10N4O3. The van der Waals surface area contributed by atoms with Crippen LogP contribution < -0.4 is 0 Å². The number of esters is 1. The maximum atomic E-state index is 11.4. The Hall–Kier alpha value is -2.18. The average molecular weight is 222 g/mol. The van der Waals surface area contributed by atoms with Crippen LogP contribution in [0.1, 0.15) is 23.1 Å². The lowest BCUT2D eigenvalue weighted by atomic mass is 10.3. The highest BCUT2D eigenvalue weighted by atomic mass is 16.5. The third-order valence-electron chi connectivity index (χ3n) is 1.90. The molecule has 0 bridgehead atoms. The lowest BCUT2D eigenvalue weighted by molar-refractivity contribution is 0.0505. The van der Waals surface area contributed by atoms with Gasteiger partial charge in [0.05, 0.1) is 25.7 Å². The first-order chi connectivity index (χ1) is 7.81. The number of tetrazole rings is 1. The van der Waals surface area contributed by atoms with E-state index >= 15 is 0 Å². The average Bonchev–Trinajstić information content (AvgIpc) is 2.90. The number of nitrogens with zero attached hydrogens (tertiary/aromatic N) is 4. The van der Waals surface area contributed by atoms with Gasteiger partial charge in [-0.1, -0.05) is 0 Å². The summed E-state index contributed by atoms with van der Waals surface area (Å²) < 4.78 is 11.1. The minimum absolute atomic E-state index is 0.0862. The van der Waals surface area contributed by atoms with Crippen LogP contribution in [0.25, 0.3) is 0 Å². The normalized spacial score (nSPS) is 10.3. The smallest absolute Gasteiger partial charge is 0.378 e. The topological polar surface area (TPSA) is 83.0 Å². The molecule has 2 heterocycles. The summed E-state index contributed by atoms with van der Waals surface area (Å²) in [5, 5.41) is 10.8. The van der Waals surface area contributed by atoms with Crippen molar-refractivity contribution in [2.75, 3.05) is 6.61 Å². The van der Waals surface area contributed by atoms with Crippen molar-refractivity contribution in [1.29, 1.82) is 0 Å². The van der Waals surface area contributed by atoms with Gasteiger partial charge in [-0.2, -0.15) is 0 Å². The van der Waals surface area contributed by atoms with Gasteiger partial charge in [-0.05, 0) is 23.4 Å². The van der Waals surface area contributed by atoms with Crippen molar-refractivity contribution >= 4 is 5.97 Å². The largest absolute Gasteiger partial charge is 0.472 e. The van der Waals surface area contributed by atoms with Crippen LogP contribution in [0, 0.1) is 0 Å². The number of hydrogen-bond donors (Lipinski definition) is 0. The van der Waals surface area contributed by atoms with Gasteiger partial charge in [0.15, 0.2) is 0 Å². The Balaban J connectivity index is 2.16. The second-order valence-corrected chi connectivity index (χ2v) is 3.01. The Kier molecular flexibility index (Phi) is 2.95. The van der Waals surface area contributed by atoms with Gasteiger partial charge < -0.3 is 9.15 Å². The molecule has 84 valence electrons. The van der Waals surface area contributed by atoms with Crippen LogP contribution in [0.3, 0.4) is 0 Å². The van der Waals surface area contributed by atoms with E-state index in [4.69, 9.17) is 9.15 Å². The van der Waals surface area contributed by atoms with Crippen LogP contribution in [0.15, 0.2) is 23.0 Å². The summed E-state index contributed by atoms with van der Waals surface area (Å²) in [6, 6.07) is 1.77. The molecule has 2 aromatic heterocycles. The maximum absolute atomic E-state index is 11.4. The molecule has 0 amide bonds. The van der Waals surface area contributed by atoms with Gasteiger partial charge in [0.2, 0.25) is 0 Å². The molecule has 2 aromatic rings. The summed E-state index contributed by atoms with van der Waals surface area (Å²) in [5.41, 5.74) is 0.873. The molecule has 7 nitrogen and oxygen atoms in total. The van der Waals surface area contributed by atoms with E-state index in [0.717, 1.165) is 5.56 Å². The minimum Gasteiger partial charge on any atom is -0.472 e. The molecule has 0 aliphatic rings. The third kappa shape index (κ3) is 2.08. The SMILES string of the molecule is CCOC(=O)c1nnnn1Cc1ccoc1. The Labute approximate surface area is 91.0 Å². The molecule has 0 atom stereocenters. The zero-order valence-corrected chi connectivity index (χ0v) is 8.66. The van der Waals surface area contributed by atoms with E-state index in [9.17, 15) is 4.79 Å². The van der Waals surface area contributed by atoms with E-state index < -0.39 is 5.97 Å². The van der Waals surface area contributed by atoms with E-state index in [1.165, 1.54) is 4.68 Å². The molecule has 0 fully saturated rings. The molecule has 7 heteroatoms. The summed E-state index contributed by atoms with van der Waals surface area (Å²) in [6.45, 7) is 2.39. The fraction of sp³-hybridized carbons (Fsp3) is 0.333. The first kappa shape index (κ1) is 10.3. The van der Waals surface area contributed by atoms with Crippen molar-refractivity contribution in [1.82, 2.24) is 20.2 Å². The molecule has 0 unspecified atom stereocenters. The van der Waals surface area contributed by atoms with E-state index in [1.807, 2.05) is 0 Å². The second-order valence-electron chi connectivity index (χ2n) is 3.01. The monoisotopic (exact) mass is 222 g/mol. The van der Waals surface area contributed by atoms with E-state index in [0.29, 0.717) is 6.54 Å². The van der Waals surface area contributed by atoms with Gasteiger partial charge >= 0.3 is 5.97 Å². The van der Waals surface area contributed by atoms with Gasteiger partial charge in [-0.25, -0.2) is 9.48 Å². The van der Waals surface area contributed by atoms with Crippen LogP contribution >= 0.6 is 0 Å². The number of rotatable bonds is 4. The zero-order chi connectivity index (χ0) is 11.4. The van der Waals surface area contributed by atoms with Crippen LogP contribution in [-0.4, -0.2) is 32.8 Å². The zero-order valence-electron chi connectivity index (χ0n) is 8.66. The predicted molar refractivity (Wildman–Crippen MR) is 51.6 cm³/mol. The molecule has 0 aromatic carbocycles. The van der Waals surface area contributed by atoms with Gasteiger partial charge in [-0.15, -0.1) is 5.10 Å². The number of carbonyl (C=O) groups excluding carboxylic acids is 1. The summed E-state index contributed by atoms with van der Waals surface area (Å²) in [6.07, 6.45) is 3.11. The third-order valence-corrected chi connectivity index (χ3v) is 1.90. The molecule has 0 aliphatic heterocycles. The van der Waals surface area contributed by atoms with Crippen LogP contribution in [0.5, 0.6) is 0 Å². The molecule has 0 N–H and O–H groups in total. The van der Waals surface area contributed by atoms with E-state index in [1.54, 1.807) is 25.5 Å². The molecular weight excluding hydrogens is 212 g/mol. The van der Waals surface area contributed by atoms with Crippen molar-refractivity contribution in [3.05, 3.63) is 30.0 Å². The number of carbonyl (C=O) groups is 1. The molecule has 0 saturated heterocycles. The van der Waals surface area contributed by atoms with E-state index in [-0.39, 0.29) is 12.4 Å². The minimum atomic E-state index is -0.531. The molecule has 0 aliphatic carbocycles. The highest BCUT2D eigenvalue weighted by Crippen LogP contribution is 2.04. The quantitative estimate of drug-likeness (QED) is 0.700. The standard InChI is InChI=1S/C9H10N4O3/c1-2-16-9(14)8-10-11-12-13(8)5-7-3-4-15-6-7/h3-4,6H,2,5H2,1H3. The fourth-order valence-corrected chi connectivity index (χ4v) is 1.21. The fourth-order valence-electron chi connectivity index (χ4n) is 1.21. The highest BCUT2D eigenvalue weighted by molar-refractivity contribution is 5.85. The number of aromatic nitrogens is 4. The van der Waals surface area contributed by atoms with Crippen LogP contribution in [-0.2, 0) is 11.3 Å². The van der Waals surface area contributed by atoms with Crippen molar-refractivity contribution in [3.8, 4) is 0 Å². The van der Waals surface area contributed by atoms with Crippen molar-refractivity contribution in [2.24, 2.45) is 0 Å². The summed E-state index contributed by atoms with van der Waals surface area (Å²) >= 11 is 0. The highest BCUT2D eigenvalue weighted by Gasteiger charge is 2.16. The van der Waals surface area contributed by atoms with Crippen LogP contribution in [0.2, 0.25) is 0 Å². The summed E-state index contributed by atoms with van der Waals surface area (Å²) in [7, 11) is 0. The first-order valence-electron chi connectivity index (χ1n) is 4.75. The van der Waals surface area contributed by atoms with Gasteiger partial charge in [0.1, 0.15) is 0 Å². The lowest BCUT2D eigenvalue weighted by Gasteiger charge is -2.01. The van der Waals surface area contributed by atoms with Crippen molar-refractivity contribution < 1.29 is 13.9 Å². The Morgan fingerprint density at radius 1 is 1.62 bits per heavy atom. The van der Waals surface area contributed by atoms with Gasteiger partial charge in [-0.3, -0.25) is 0 Å². The molecule has 16 heavy (non-hydrogen) atoms. The maximum Gasteiger partial charge on any atom is 0.378 e. The summed E-state index contributed by atoms with van der Waals surface area (Å²) in [5.74, 6) is -0.445. The van der Waals surface area contributed by atoms with Gasteiger partial charge in [0.25, 0.3) is 5.82 Å². The predicted octanol–water partition coefficient (Wildman–Crippen LogP) is 0.491. The molecule has 0 saturated carbocycles. The second kappa shape index (κ2) is 4.56. The van der Waals surface area contributed by atoms with Crippen LogP contribution in [0.4, 0.5) is 0 Å². The molecule has 2 rings (SSSR count). The summed E-state index contributed by atoms with van der Waals surface area (Å²) in [4.78, 5) is 11.4. The number of furan rings is 1. The van der Waals surface area contributed by atoms with E-state index in [2.05, 4.69) is 15.5 Å². The lowest BCUT2D eigenvalue weighted by Crippen LogP contribution is -2.14. The first-order valence-corrected chi connectivity index (χ1v) is 4.75. The number of hydrogen-bond acceptors (Lipinski definition) is 6. The van der Waals surface area contributed by atoms with Crippen molar-refractivity contribution in [2.45, 2.75) is 13.5 Å². The Bertz CT molecular complexity index is 463. The van der Waals surface area contributed by atoms with Crippen molar-refractivity contribution in [3.63, 3.8) is 0 Å². The Morgan fingerprint density at radius 2 is 2.50 bits per heavy atom.